The molecule has 1 aromatic heterocycles. The topological polar surface area (TPSA) is 55.8 Å². The van der Waals surface area contributed by atoms with E-state index >= 15 is 0 Å². The molecule has 0 aliphatic carbocycles. The first-order valence-electron chi connectivity index (χ1n) is 10.4. The smallest absolute Gasteiger partial charge is 0.191 e. The van der Waals surface area contributed by atoms with E-state index in [0.29, 0.717) is 19.0 Å². The zero-order valence-corrected chi connectivity index (χ0v) is 20.1. The van der Waals surface area contributed by atoms with Gasteiger partial charge in [0.25, 0.3) is 0 Å². The van der Waals surface area contributed by atoms with Gasteiger partial charge in [0.1, 0.15) is 11.6 Å². The van der Waals surface area contributed by atoms with E-state index in [1.165, 1.54) is 12.1 Å². The fourth-order valence-corrected chi connectivity index (χ4v) is 3.34. The van der Waals surface area contributed by atoms with E-state index < -0.39 is 0 Å². The number of anilines is 1. The molecular formula is C22H32FIN6. The maximum absolute atomic E-state index is 13.3. The van der Waals surface area contributed by atoms with Gasteiger partial charge in [0, 0.05) is 45.5 Å². The second-order valence-electron chi connectivity index (χ2n) is 7.12. The summed E-state index contributed by atoms with van der Waals surface area (Å²) in [6.45, 7) is 11.4. The van der Waals surface area contributed by atoms with Crippen molar-refractivity contribution in [2.75, 3.05) is 44.2 Å². The van der Waals surface area contributed by atoms with E-state index in [-0.39, 0.29) is 29.8 Å². The summed E-state index contributed by atoms with van der Waals surface area (Å²) >= 11 is 0. The van der Waals surface area contributed by atoms with Gasteiger partial charge < -0.3 is 20.4 Å². The number of halogens is 2. The van der Waals surface area contributed by atoms with Crippen LogP contribution in [0.15, 0.2) is 47.6 Å². The number of piperazine rings is 1. The zero-order chi connectivity index (χ0) is 20.5. The molecule has 0 saturated carbocycles. The number of benzene rings is 1. The molecule has 2 N–H and O–H groups in total. The average molecular weight is 526 g/mol. The maximum atomic E-state index is 13.3. The summed E-state index contributed by atoms with van der Waals surface area (Å²) in [5, 5.41) is 6.47. The summed E-state index contributed by atoms with van der Waals surface area (Å²) in [7, 11) is 0. The lowest BCUT2D eigenvalue weighted by Gasteiger charge is -2.34. The molecule has 1 aliphatic rings. The standard InChI is InChI=1S/C22H31FN6.HI/c1-3-24-22(26-15-18-6-5-7-20(23)14-18)27-17-19-8-9-21(25-16-19)29-12-10-28(4-2)11-13-29;/h5-9,14,16H,3-4,10-13,15,17H2,1-2H3,(H2,24,26,27);1H. The second kappa shape index (κ2) is 12.7. The van der Waals surface area contributed by atoms with Gasteiger partial charge in [-0.3, -0.25) is 0 Å². The van der Waals surface area contributed by atoms with Crippen molar-refractivity contribution in [1.29, 1.82) is 0 Å². The summed E-state index contributed by atoms with van der Waals surface area (Å²) in [6.07, 6.45) is 1.90. The molecular weight excluding hydrogens is 494 g/mol. The molecule has 1 aromatic carbocycles. The van der Waals surface area contributed by atoms with Crippen molar-refractivity contribution < 1.29 is 4.39 Å². The number of nitrogens with one attached hydrogen (secondary N) is 2. The lowest BCUT2D eigenvalue weighted by Crippen LogP contribution is -2.46. The predicted molar refractivity (Wildman–Crippen MR) is 132 cm³/mol. The zero-order valence-electron chi connectivity index (χ0n) is 17.8. The number of rotatable bonds is 7. The highest BCUT2D eigenvalue weighted by atomic mass is 127. The van der Waals surface area contributed by atoms with Gasteiger partial charge >= 0.3 is 0 Å². The van der Waals surface area contributed by atoms with Crippen LogP contribution in [0.2, 0.25) is 0 Å². The molecule has 1 saturated heterocycles. The molecule has 2 aromatic rings. The molecule has 8 heteroatoms. The van der Waals surface area contributed by atoms with Crippen molar-refractivity contribution >= 4 is 35.8 Å². The number of nitrogens with zero attached hydrogens (tertiary/aromatic N) is 4. The molecule has 30 heavy (non-hydrogen) atoms. The summed E-state index contributed by atoms with van der Waals surface area (Å²) in [5.41, 5.74) is 1.94. The summed E-state index contributed by atoms with van der Waals surface area (Å²) in [6, 6.07) is 10.8. The van der Waals surface area contributed by atoms with E-state index in [0.717, 1.165) is 56.2 Å². The molecule has 6 nitrogen and oxygen atoms in total. The third-order valence-electron chi connectivity index (χ3n) is 5.07. The Balaban J connectivity index is 0.00000320. The van der Waals surface area contributed by atoms with Crippen molar-refractivity contribution in [3.05, 3.63) is 59.5 Å². The van der Waals surface area contributed by atoms with E-state index in [4.69, 9.17) is 0 Å². The van der Waals surface area contributed by atoms with Gasteiger partial charge in [-0.2, -0.15) is 0 Å². The Hall–Kier alpha value is -1.94. The Morgan fingerprint density at radius 3 is 2.50 bits per heavy atom. The Morgan fingerprint density at radius 1 is 1.07 bits per heavy atom. The lowest BCUT2D eigenvalue weighted by molar-refractivity contribution is 0.270. The van der Waals surface area contributed by atoms with Crippen LogP contribution in [0.4, 0.5) is 10.2 Å². The molecule has 0 bridgehead atoms. The van der Waals surface area contributed by atoms with Crippen molar-refractivity contribution in [3.8, 4) is 0 Å². The van der Waals surface area contributed by atoms with Crippen LogP contribution in [0.1, 0.15) is 25.0 Å². The van der Waals surface area contributed by atoms with Gasteiger partial charge in [0.05, 0.1) is 6.54 Å². The van der Waals surface area contributed by atoms with Gasteiger partial charge in [0.2, 0.25) is 0 Å². The minimum Gasteiger partial charge on any atom is -0.357 e. The van der Waals surface area contributed by atoms with Crippen molar-refractivity contribution in [2.24, 2.45) is 4.99 Å². The van der Waals surface area contributed by atoms with Crippen molar-refractivity contribution in [2.45, 2.75) is 26.9 Å². The minimum atomic E-state index is -0.228. The molecule has 164 valence electrons. The first-order valence-corrected chi connectivity index (χ1v) is 10.4. The van der Waals surface area contributed by atoms with Crippen LogP contribution < -0.4 is 15.5 Å². The molecule has 2 heterocycles. The van der Waals surface area contributed by atoms with Gasteiger partial charge in [-0.05, 0) is 42.8 Å². The summed E-state index contributed by atoms with van der Waals surface area (Å²) in [5.74, 6) is 1.51. The molecule has 0 atom stereocenters. The fraction of sp³-hybridized carbons (Fsp3) is 0.455. The number of likely N-dealkylation sites (N-methyl/N-ethyl adjacent to an activating group) is 1. The highest BCUT2D eigenvalue weighted by molar-refractivity contribution is 14.0. The number of pyridine rings is 1. The fourth-order valence-electron chi connectivity index (χ4n) is 3.34. The van der Waals surface area contributed by atoms with E-state index in [9.17, 15) is 4.39 Å². The van der Waals surface area contributed by atoms with Crippen LogP contribution in [0.3, 0.4) is 0 Å². The first-order chi connectivity index (χ1) is 14.2. The number of aliphatic imine (C=N–C) groups is 1. The first kappa shape index (κ1) is 24.3. The summed E-state index contributed by atoms with van der Waals surface area (Å²) < 4.78 is 13.3. The predicted octanol–water partition coefficient (Wildman–Crippen LogP) is 3.24. The SMILES string of the molecule is CCNC(=NCc1ccc(N2CCN(CC)CC2)nc1)NCc1cccc(F)c1.I. The Bertz CT molecular complexity index is 790. The second-order valence-corrected chi connectivity index (χ2v) is 7.12. The third kappa shape index (κ3) is 7.39. The van der Waals surface area contributed by atoms with Crippen LogP contribution in [0.25, 0.3) is 0 Å². The van der Waals surface area contributed by atoms with Gasteiger partial charge in [-0.15, -0.1) is 24.0 Å². The molecule has 0 amide bonds. The molecule has 0 unspecified atom stereocenters. The number of hydrogen-bond donors (Lipinski definition) is 2. The number of hydrogen-bond acceptors (Lipinski definition) is 4. The van der Waals surface area contributed by atoms with Crippen molar-refractivity contribution in [3.63, 3.8) is 0 Å². The molecule has 0 spiro atoms. The largest absolute Gasteiger partial charge is 0.357 e. The van der Waals surface area contributed by atoms with Crippen molar-refractivity contribution in [1.82, 2.24) is 20.5 Å². The third-order valence-corrected chi connectivity index (χ3v) is 5.07. The maximum Gasteiger partial charge on any atom is 0.191 e. The average Bonchev–Trinajstić information content (AvgIpc) is 2.76. The van der Waals surface area contributed by atoms with E-state index in [1.54, 1.807) is 6.07 Å². The monoisotopic (exact) mass is 526 g/mol. The quantitative estimate of drug-likeness (QED) is 0.330. The van der Waals surface area contributed by atoms with Crippen LogP contribution in [0.5, 0.6) is 0 Å². The molecule has 3 rings (SSSR count). The van der Waals surface area contributed by atoms with Crippen LogP contribution in [0, 0.1) is 5.82 Å². The van der Waals surface area contributed by atoms with Gasteiger partial charge in [-0.25, -0.2) is 14.4 Å². The van der Waals surface area contributed by atoms with Gasteiger partial charge in [-0.1, -0.05) is 25.1 Å². The van der Waals surface area contributed by atoms with E-state index in [1.807, 2.05) is 19.2 Å². The highest BCUT2D eigenvalue weighted by Gasteiger charge is 2.16. The Kier molecular flexibility index (Phi) is 10.3. The lowest BCUT2D eigenvalue weighted by atomic mass is 10.2. The van der Waals surface area contributed by atoms with E-state index in [2.05, 4.69) is 49.5 Å². The molecule has 1 fully saturated rings. The van der Waals surface area contributed by atoms with Crippen LogP contribution >= 0.6 is 24.0 Å². The Labute approximate surface area is 196 Å². The van der Waals surface area contributed by atoms with Crippen LogP contribution in [-0.4, -0.2) is 55.1 Å². The van der Waals surface area contributed by atoms with Crippen LogP contribution in [-0.2, 0) is 13.1 Å². The minimum absolute atomic E-state index is 0. The summed E-state index contributed by atoms with van der Waals surface area (Å²) in [4.78, 5) is 14.1. The Morgan fingerprint density at radius 2 is 1.87 bits per heavy atom. The number of aromatic nitrogens is 1. The van der Waals surface area contributed by atoms with Gasteiger partial charge in [0.15, 0.2) is 5.96 Å². The molecule has 0 radical (unpaired) electrons. The highest BCUT2D eigenvalue weighted by Crippen LogP contribution is 2.14. The number of guanidine groups is 1. The molecule has 1 aliphatic heterocycles. The normalized spacial score (nSPS) is 14.9.